The highest BCUT2D eigenvalue weighted by Gasteiger charge is 2.16. The van der Waals surface area contributed by atoms with Gasteiger partial charge in [-0.05, 0) is 31.5 Å². The molecule has 0 saturated carbocycles. The van der Waals surface area contributed by atoms with E-state index in [2.05, 4.69) is 25.6 Å². The van der Waals surface area contributed by atoms with E-state index in [0.29, 0.717) is 29.6 Å². The zero-order chi connectivity index (χ0) is 17.9. The van der Waals surface area contributed by atoms with E-state index in [-0.39, 0.29) is 5.69 Å². The highest BCUT2D eigenvalue weighted by atomic mass is 16.5. The third-order valence-corrected chi connectivity index (χ3v) is 4.74. The number of rotatable bonds is 6. The number of para-hydroxylation sites is 1. The molecule has 26 heavy (non-hydrogen) atoms. The van der Waals surface area contributed by atoms with E-state index in [1.54, 1.807) is 17.9 Å². The van der Waals surface area contributed by atoms with Crippen LogP contribution in [0.15, 0.2) is 35.3 Å². The molecule has 1 aliphatic heterocycles. The van der Waals surface area contributed by atoms with Gasteiger partial charge in [0.2, 0.25) is 5.95 Å². The second kappa shape index (κ2) is 7.17. The maximum absolute atomic E-state index is 12.4. The molecule has 0 bridgehead atoms. The SMILES string of the molecule is COc1ccccc1Cn1c(=O)[nH]c2cnc(NCC3CCNC3)nc21. The Morgan fingerprint density at radius 2 is 2.27 bits per heavy atom. The number of anilines is 1. The largest absolute Gasteiger partial charge is 0.496 e. The van der Waals surface area contributed by atoms with Crippen molar-refractivity contribution in [1.82, 2.24) is 24.8 Å². The molecule has 3 heterocycles. The Labute approximate surface area is 150 Å². The summed E-state index contributed by atoms with van der Waals surface area (Å²) in [4.78, 5) is 24.1. The average molecular weight is 354 g/mol. The third-order valence-electron chi connectivity index (χ3n) is 4.74. The molecule has 0 radical (unpaired) electrons. The number of hydrogen-bond acceptors (Lipinski definition) is 6. The Morgan fingerprint density at radius 1 is 1.38 bits per heavy atom. The van der Waals surface area contributed by atoms with Crippen LogP contribution in [0.5, 0.6) is 5.75 Å². The summed E-state index contributed by atoms with van der Waals surface area (Å²) in [6.45, 7) is 3.27. The summed E-state index contributed by atoms with van der Waals surface area (Å²) in [5, 5.41) is 6.63. The first-order valence-electron chi connectivity index (χ1n) is 8.76. The number of ether oxygens (including phenoxy) is 1. The van der Waals surface area contributed by atoms with Gasteiger partial charge in [0.15, 0.2) is 5.65 Å². The molecule has 1 fully saturated rings. The number of methoxy groups -OCH3 is 1. The van der Waals surface area contributed by atoms with Gasteiger partial charge in [-0.15, -0.1) is 0 Å². The standard InChI is InChI=1S/C18H22N6O2/c1-26-15-5-3-2-4-13(15)11-24-16-14(22-18(24)25)10-21-17(23-16)20-9-12-6-7-19-8-12/h2-5,10,12,19H,6-9,11H2,1H3,(H,22,25)(H,20,21,23). The van der Waals surface area contributed by atoms with E-state index in [1.807, 2.05) is 24.3 Å². The second-order valence-electron chi connectivity index (χ2n) is 6.50. The zero-order valence-corrected chi connectivity index (χ0v) is 14.7. The minimum atomic E-state index is -0.211. The van der Waals surface area contributed by atoms with Crippen molar-refractivity contribution in [2.24, 2.45) is 5.92 Å². The topological polar surface area (TPSA) is 96.9 Å². The van der Waals surface area contributed by atoms with Gasteiger partial charge in [0, 0.05) is 12.1 Å². The molecular formula is C18H22N6O2. The van der Waals surface area contributed by atoms with Crippen LogP contribution in [-0.2, 0) is 6.54 Å². The highest BCUT2D eigenvalue weighted by molar-refractivity contribution is 5.71. The first-order valence-corrected chi connectivity index (χ1v) is 8.76. The molecule has 136 valence electrons. The van der Waals surface area contributed by atoms with Gasteiger partial charge >= 0.3 is 5.69 Å². The lowest BCUT2D eigenvalue weighted by Crippen LogP contribution is -2.19. The van der Waals surface area contributed by atoms with Crippen molar-refractivity contribution in [3.63, 3.8) is 0 Å². The predicted octanol–water partition coefficient (Wildman–Crippen LogP) is 1.20. The maximum atomic E-state index is 12.4. The monoisotopic (exact) mass is 354 g/mol. The van der Waals surface area contributed by atoms with Crippen LogP contribution in [0.1, 0.15) is 12.0 Å². The summed E-state index contributed by atoms with van der Waals surface area (Å²) in [6, 6.07) is 7.65. The van der Waals surface area contributed by atoms with Crippen molar-refractivity contribution in [1.29, 1.82) is 0 Å². The smallest absolute Gasteiger partial charge is 0.328 e. The fourth-order valence-electron chi connectivity index (χ4n) is 3.31. The minimum absolute atomic E-state index is 0.211. The summed E-state index contributed by atoms with van der Waals surface area (Å²) in [6.07, 6.45) is 2.80. The average Bonchev–Trinajstić information content (AvgIpc) is 3.29. The van der Waals surface area contributed by atoms with Gasteiger partial charge in [0.1, 0.15) is 11.3 Å². The second-order valence-corrected chi connectivity index (χ2v) is 6.50. The van der Waals surface area contributed by atoms with Crippen LogP contribution in [0.3, 0.4) is 0 Å². The lowest BCUT2D eigenvalue weighted by Gasteiger charge is -2.11. The van der Waals surface area contributed by atoms with E-state index in [1.165, 1.54) is 0 Å². The van der Waals surface area contributed by atoms with Crippen molar-refractivity contribution < 1.29 is 4.74 Å². The first-order chi connectivity index (χ1) is 12.7. The first kappa shape index (κ1) is 16.6. The van der Waals surface area contributed by atoms with Gasteiger partial charge in [-0.1, -0.05) is 18.2 Å². The van der Waals surface area contributed by atoms with Crippen LogP contribution in [0.2, 0.25) is 0 Å². The number of nitrogens with zero attached hydrogens (tertiary/aromatic N) is 3. The van der Waals surface area contributed by atoms with Crippen molar-refractivity contribution in [3.8, 4) is 5.75 Å². The fourth-order valence-corrected chi connectivity index (χ4v) is 3.31. The van der Waals surface area contributed by atoms with Crippen LogP contribution in [0, 0.1) is 5.92 Å². The van der Waals surface area contributed by atoms with Crippen LogP contribution in [-0.4, -0.2) is 46.3 Å². The number of fused-ring (bicyclic) bond motifs is 1. The highest BCUT2D eigenvalue weighted by Crippen LogP contribution is 2.19. The molecule has 1 atom stereocenters. The Morgan fingerprint density at radius 3 is 3.08 bits per heavy atom. The van der Waals surface area contributed by atoms with Crippen molar-refractivity contribution >= 4 is 17.1 Å². The number of H-pyrrole nitrogens is 1. The molecule has 1 aromatic carbocycles. The minimum Gasteiger partial charge on any atom is -0.496 e. The van der Waals surface area contributed by atoms with Gasteiger partial charge in [-0.3, -0.25) is 4.57 Å². The molecule has 8 nitrogen and oxygen atoms in total. The summed E-state index contributed by atoms with van der Waals surface area (Å²) in [5.41, 5.74) is 1.92. The molecule has 3 N–H and O–H groups in total. The number of benzene rings is 1. The maximum Gasteiger partial charge on any atom is 0.328 e. The van der Waals surface area contributed by atoms with Gasteiger partial charge in [-0.2, -0.15) is 4.98 Å². The third kappa shape index (κ3) is 3.28. The van der Waals surface area contributed by atoms with Crippen LogP contribution in [0.25, 0.3) is 11.2 Å². The molecule has 0 aliphatic carbocycles. The van der Waals surface area contributed by atoms with Gasteiger partial charge in [0.05, 0.1) is 19.9 Å². The number of aromatic amines is 1. The van der Waals surface area contributed by atoms with E-state index in [0.717, 1.165) is 37.4 Å². The molecule has 2 aromatic heterocycles. The van der Waals surface area contributed by atoms with E-state index in [9.17, 15) is 4.79 Å². The number of nitrogens with one attached hydrogen (secondary N) is 3. The molecule has 0 amide bonds. The molecular weight excluding hydrogens is 332 g/mol. The molecule has 0 spiro atoms. The molecule has 3 aromatic rings. The van der Waals surface area contributed by atoms with Crippen LogP contribution < -0.4 is 21.1 Å². The lowest BCUT2D eigenvalue weighted by atomic mass is 10.1. The number of imidazole rings is 1. The summed E-state index contributed by atoms with van der Waals surface area (Å²) in [5.74, 6) is 1.86. The predicted molar refractivity (Wildman–Crippen MR) is 99.7 cm³/mol. The van der Waals surface area contributed by atoms with Gasteiger partial charge in [0.25, 0.3) is 0 Å². The van der Waals surface area contributed by atoms with Crippen molar-refractivity contribution in [2.45, 2.75) is 13.0 Å². The molecule has 8 heteroatoms. The van der Waals surface area contributed by atoms with Crippen LogP contribution in [0.4, 0.5) is 5.95 Å². The summed E-state index contributed by atoms with van der Waals surface area (Å²) in [7, 11) is 1.62. The van der Waals surface area contributed by atoms with Gasteiger partial charge in [-0.25, -0.2) is 9.78 Å². The Bertz CT molecular complexity index is 958. The molecule has 4 rings (SSSR count). The summed E-state index contributed by atoms with van der Waals surface area (Å²) < 4.78 is 7.00. The normalized spacial score (nSPS) is 16.9. The lowest BCUT2D eigenvalue weighted by molar-refractivity contribution is 0.408. The van der Waals surface area contributed by atoms with Crippen molar-refractivity contribution in [2.75, 3.05) is 32.1 Å². The van der Waals surface area contributed by atoms with Gasteiger partial charge < -0.3 is 20.4 Å². The van der Waals surface area contributed by atoms with Crippen LogP contribution >= 0.6 is 0 Å². The van der Waals surface area contributed by atoms with E-state index in [4.69, 9.17) is 4.74 Å². The Kier molecular flexibility index (Phi) is 4.57. The zero-order valence-electron chi connectivity index (χ0n) is 14.7. The number of aromatic nitrogens is 4. The molecule has 1 aliphatic rings. The summed E-state index contributed by atoms with van der Waals surface area (Å²) >= 11 is 0. The Balaban J connectivity index is 1.62. The van der Waals surface area contributed by atoms with Crippen molar-refractivity contribution in [3.05, 3.63) is 46.5 Å². The fraction of sp³-hybridized carbons (Fsp3) is 0.389. The quantitative estimate of drug-likeness (QED) is 0.615. The van der Waals surface area contributed by atoms with E-state index < -0.39 is 0 Å². The molecule has 1 unspecified atom stereocenters. The number of hydrogen-bond donors (Lipinski definition) is 3. The Hall–Kier alpha value is -2.87. The van der Waals surface area contributed by atoms with E-state index >= 15 is 0 Å². The molecule has 1 saturated heterocycles.